The maximum absolute atomic E-state index is 11.9. The Morgan fingerprint density at radius 1 is 1.35 bits per heavy atom. The first-order chi connectivity index (χ1) is 9.38. The summed E-state index contributed by atoms with van der Waals surface area (Å²) in [6.07, 6.45) is 6.96. The lowest BCUT2D eigenvalue weighted by Gasteiger charge is -2.21. The molecule has 5 heteroatoms. The average Bonchev–Trinajstić information content (AvgIpc) is 2.36. The van der Waals surface area contributed by atoms with Gasteiger partial charge in [0.1, 0.15) is 11.8 Å². The van der Waals surface area contributed by atoms with Crippen molar-refractivity contribution in [1.29, 1.82) is 0 Å². The summed E-state index contributed by atoms with van der Waals surface area (Å²) in [6.45, 7) is 5.08. The summed E-state index contributed by atoms with van der Waals surface area (Å²) in [7, 11) is 0. The molecule has 0 spiro atoms. The standard InChI is InChI=1S/C15H22N2O3/c1-10-5-4-6-13(9-10)17-15(20)12(3)16-14(19)8-7-11(2)18/h4-6,12-13H,7-9H2,1-3H3,(H,16,19)(H,17,20)/t12-,13+/m0/s1. The molecule has 1 aliphatic rings. The molecule has 110 valence electrons. The average molecular weight is 278 g/mol. The van der Waals surface area contributed by atoms with Crippen LogP contribution in [0, 0.1) is 0 Å². The molecule has 0 bridgehead atoms. The molecule has 20 heavy (non-hydrogen) atoms. The Morgan fingerprint density at radius 3 is 2.65 bits per heavy atom. The van der Waals surface area contributed by atoms with E-state index in [1.807, 2.05) is 25.2 Å². The van der Waals surface area contributed by atoms with Crippen LogP contribution in [0.2, 0.25) is 0 Å². The first kappa shape index (κ1) is 16.1. The van der Waals surface area contributed by atoms with Crippen LogP contribution in [0.25, 0.3) is 0 Å². The molecule has 2 N–H and O–H groups in total. The molecule has 0 radical (unpaired) electrons. The Morgan fingerprint density at radius 2 is 2.05 bits per heavy atom. The molecule has 0 aliphatic heterocycles. The van der Waals surface area contributed by atoms with E-state index in [1.54, 1.807) is 6.92 Å². The van der Waals surface area contributed by atoms with Crippen molar-refractivity contribution in [3.8, 4) is 0 Å². The molecule has 2 amide bonds. The van der Waals surface area contributed by atoms with Crippen molar-refractivity contribution in [2.45, 2.75) is 52.1 Å². The summed E-state index contributed by atoms with van der Waals surface area (Å²) < 4.78 is 0. The lowest BCUT2D eigenvalue weighted by molar-refractivity contribution is -0.129. The van der Waals surface area contributed by atoms with E-state index in [0.29, 0.717) is 0 Å². The maximum Gasteiger partial charge on any atom is 0.242 e. The van der Waals surface area contributed by atoms with E-state index in [-0.39, 0.29) is 36.5 Å². The Labute approximate surface area is 119 Å². The Kier molecular flexibility index (Phi) is 6.15. The highest BCUT2D eigenvalue weighted by Gasteiger charge is 2.19. The summed E-state index contributed by atoms with van der Waals surface area (Å²) in [4.78, 5) is 34.3. The van der Waals surface area contributed by atoms with E-state index in [1.165, 1.54) is 12.5 Å². The number of amides is 2. The quantitative estimate of drug-likeness (QED) is 0.768. The number of carbonyl (C=O) groups is 3. The molecular formula is C15H22N2O3. The number of nitrogens with one attached hydrogen (secondary N) is 2. The normalized spacial score (nSPS) is 18.9. The highest BCUT2D eigenvalue weighted by molar-refractivity contribution is 5.89. The molecular weight excluding hydrogens is 256 g/mol. The largest absolute Gasteiger partial charge is 0.348 e. The minimum atomic E-state index is -0.603. The van der Waals surface area contributed by atoms with Crippen LogP contribution in [0.5, 0.6) is 0 Å². The van der Waals surface area contributed by atoms with Gasteiger partial charge in [0.15, 0.2) is 0 Å². The van der Waals surface area contributed by atoms with Crippen LogP contribution in [0.4, 0.5) is 0 Å². The zero-order valence-corrected chi connectivity index (χ0v) is 12.2. The van der Waals surface area contributed by atoms with Crippen LogP contribution in [0.3, 0.4) is 0 Å². The van der Waals surface area contributed by atoms with Crippen molar-refractivity contribution in [1.82, 2.24) is 10.6 Å². The first-order valence-electron chi connectivity index (χ1n) is 6.81. The van der Waals surface area contributed by atoms with Gasteiger partial charge in [0.25, 0.3) is 0 Å². The van der Waals surface area contributed by atoms with Gasteiger partial charge in [-0.1, -0.05) is 23.8 Å². The molecule has 0 aromatic heterocycles. The first-order valence-corrected chi connectivity index (χ1v) is 6.81. The van der Waals surface area contributed by atoms with Gasteiger partial charge in [-0.05, 0) is 27.2 Å². The molecule has 1 rings (SSSR count). The van der Waals surface area contributed by atoms with Crippen LogP contribution in [-0.2, 0) is 14.4 Å². The molecule has 2 atom stereocenters. The van der Waals surface area contributed by atoms with Gasteiger partial charge in [-0.25, -0.2) is 0 Å². The highest BCUT2D eigenvalue weighted by Crippen LogP contribution is 2.11. The van der Waals surface area contributed by atoms with Crippen molar-refractivity contribution < 1.29 is 14.4 Å². The van der Waals surface area contributed by atoms with E-state index in [2.05, 4.69) is 10.6 Å². The fraction of sp³-hybridized carbons (Fsp3) is 0.533. The zero-order valence-electron chi connectivity index (χ0n) is 12.2. The lowest BCUT2D eigenvalue weighted by Crippen LogP contribution is -2.47. The molecule has 0 aromatic rings. The van der Waals surface area contributed by atoms with Crippen LogP contribution in [-0.4, -0.2) is 29.7 Å². The van der Waals surface area contributed by atoms with Crippen molar-refractivity contribution >= 4 is 17.6 Å². The van der Waals surface area contributed by atoms with Crippen LogP contribution in [0.15, 0.2) is 23.8 Å². The van der Waals surface area contributed by atoms with E-state index in [9.17, 15) is 14.4 Å². The van der Waals surface area contributed by atoms with Gasteiger partial charge in [0, 0.05) is 12.8 Å². The summed E-state index contributed by atoms with van der Waals surface area (Å²) in [5.41, 5.74) is 1.20. The van der Waals surface area contributed by atoms with Crippen LogP contribution in [0.1, 0.15) is 40.0 Å². The summed E-state index contributed by atoms with van der Waals surface area (Å²) in [5, 5.41) is 5.46. The molecule has 5 nitrogen and oxygen atoms in total. The van der Waals surface area contributed by atoms with Crippen LogP contribution >= 0.6 is 0 Å². The number of hydrogen-bond acceptors (Lipinski definition) is 3. The van der Waals surface area contributed by atoms with Crippen molar-refractivity contribution in [3.05, 3.63) is 23.8 Å². The Hall–Kier alpha value is -1.91. The third-order valence-electron chi connectivity index (χ3n) is 3.07. The second kappa shape index (κ2) is 7.62. The second-order valence-corrected chi connectivity index (χ2v) is 5.21. The maximum atomic E-state index is 11.9. The van der Waals surface area contributed by atoms with Crippen molar-refractivity contribution in [3.63, 3.8) is 0 Å². The minimum Gasteiger partial charge on any atom is -0.348 e. The molecule has 0 heterocycles. The fourth-order valence-corrected chi connectivity index (χ4v) is 1.91. The van der Waals surface area contributed by atoms with E-state index in [0.717, 1.165) is 6.42 Å². The van der Waals surface area contributed by atoms with Gasteiger partial charge in [-0.2, -0.15) is 0 Å². The number of carbonyl (C=O) groups excluding carboxylic acids is 3. The van der Waals surface area contributed by atoms with Gasteiger partial charge in [-0.15, -0.1) is 0 Å². The number of hydrogen-bond donors (Lipinski definition) is 2. The third kappa shape index (κ3) is 5.82. The molecule has 0 fully saturated rings. The highest BCUT2D eigenvalue weighted by atomic mass is 16.2. The SMILES string of the molecule is CC(=O)CCC(=O)N[C@@H](C)C(=O)N[C@@H]1C=CC=C(C)C1. The second-order valence-electron chi connectivity index (χ2n) is 5.21. The molecule has 1 aliphatic carbocycles. The fourth-order valence-electron chi connectivity index (χ4n) is 1.91. The van der Waals surface area contributed by atoms with E-state index < -0.39 is 6.04 Å². The lowest BCUT2D eigenvalue weighted by atomic mass is 10.0. The predicted molar refractivity (Wildman–Crippen MR) is 77.0 cm³/mol. The van der Waals surface area contributed by atoms with Gasteiger partial charge >= 0.3 is 0 Å². The topological polar surface area (TPSA) is 75.3 Å². The molecule has 0 aromatic carbocycles. The third-order valence-corrected chi connectivity index (χ3v) is 3.07. The zero-order chi connectivity index (χ0) is 15.1. The summed E-state index contributed by atoms with van der Waals surface area (Å²) >= 11 is 0. The molecule has 0 unspecified atom stereocenters. The molecule has 0 saturated carbocycles. The Balaban J connectivity index is 2.36. The number of allylic oxidation sites excluding steroid dienone is 2. The minimum absolute atomic E-state index is 0.0240. The van der Waals surface area contributed by atoms with Crippen LogP contribution < -0.4 is 10.6 Å². The van der Waals surface area contributed by atoms with Crippen molar-refractivity contribution in [2.24, 2.45) is 0 Å². The van der Waals surface area contributed by atoms with E-state index in [4.69, 9.17) is 0 Å². The summed E-state index contributed by atoms with van der Waals surface area (Å²) in [6, 6.07) is -0.627. The van der Waals surface area contributed by atoms with E-state index >= 15 is 0 Å². The number of rotatable bonds is 6. The number of ketones is 1. The summed E-state index contributed by atoms with van der Waals surface area (Å²) in [5.74, 6) is -0.532. The van der Waals surface area contributed by atoms with Crippen molar-refractivity contribution in [2.75, 3.05) is 0 Å². The van der Waals surface area contributed by atoms with Gasteiger partial charge in [0.2, 0.25) is 11.8 Å². The van der Waals surface area contributed by atoms with Gasteiger partial charge in [-0.3, -0.25) is 9.59 Å². The molecule has 0 saturated heterocycles. The monoisotopic (exact) mass is 278 g/mol. The Bertz CT molecular complexity index is 452. The smallest absolute Gasteiger partial charge is 0.242 e. The van der Waals surface area contributed by atoms with Gasteiger partial charge in [0.05, 0.1) is 6.04 Å². The predicted octanol–water partition coefficient (Wildman–Crippen LogP) is 1.25. The van der Waals surface area contributed by atoms with Gasteiger partial charge < -0.3 is 15.4 Å². The number of Topliss-reactive ketones (excluding diaryl/α,β-unsaturated/α-hetero) is 1.